The number of hydrogen-bond donors (Lipinski definition) is 2. The number of benzene rings is 1. The molecule has 0 aliphatic carbocycles. The van der Waals surface area contributed by atoms with Gasteiger partial charge in [-0.25, -0.2) is 0 Å². The molecule has 108 valence electrons. The second-order valence-corrected chi connectivity index (χ2v) is 5.41. The quantitative estimate of drug-likeness (QED) is 0.848. The molecule has 1 heterocycles. The molecule has 2 rings (SSSR count). The molecule has 1 aromatic rings. The first-order chi connectivity index (χ1) is 9.49. The minimum absolute atomic E-state index is 0.00445. The van der Waals surface area contributed by atoms with Crippen LogP contribution in [0.1, 0.15) is 24.9 Å². The fourth-order valence-electron chi connectivity index (χ4n) is 2.37. The maximum Gasteiger partial charge on any atom is 0.306 e. The van der Waals surface area contributed by atoms with E-state index in [1.54, 1.807) is 11.8 Å². The van der Waals surface area contributed by atoms with Gasteiger partial charge < -0.3 is 15.7 Å². The maximum atomic E-state index is 12.0. The van der Waals surface area contributed by atoms with E-state index in [9.17, 15) is 9.59 Å². The summed E-state index contributed by atoms with van der Waals surface area (Å²) in [6, 6.07) is 9.21. The Bertz CT molecular complexity index is 483. The molecule has 1 aliphatic heterocycles. The first-order valence-electron chi connectivity index (χ1n) is 6.80. The molecule has 0 radical (unpaired) electrons. The Morgan fingerprint density at radius 2 is 1.95 bits per heavy atom. The lowest BCUT2D eigenvalue weighted by molar-refractivity contribution is -0.150. The Morgan fingerprint density at radius 3 is 2.50 bits per heavy atom. The summed E-state index contributed by atoms with van der Waals surface area (Å²) in [5, 5.41) is 8.91. The zero-order valence-corrected chi connectivity index (χ0v) is 11.5. The molecule has 0 bridgehead atoms. The van der Waals surface area contributed by atoms with Gasteiger partial charge in [0.15, 0.2) is 0 Å². The van der Waals surface area contributed by atoms with Crippen LogP contribution in [0.2, 0.25) is 0 Å². The third-order valence-corrected chi connectivity index (χ3v) is 3.98. The van der Waals surface area contributed by atoms with Crippen LogP contribution in [-0.4, -0.2) is 35.0 Å². The Balaban J connectivity index is 1.81. The van der Waals surface area contributed by atoms with Crippen molar-refractivity contribution in [1.82, 2.24) is 4.90 Å². The van der Waals surface area contributed by atoms with E-state index in [0.717, 1.165) is 5.56 Å². The Kier molecular flexibility index (Phi) is 4.39. The lowest BCUT2D eigenvalue weighted by Gasteiger charge is -2.41. The predicted molar refractivity (Wildman–Crippen MR) is 74.9 cm³/mol. The van der Waals surface area contributed by atoms with Crippen molar-refractivity contribution in [2.45, 2.75) is 19.4 Å². The van der Waals surface area contributed by atoms with Gasteiger partial charge >= 0.3 is 5.97 Å². The van der Waals surface area contributed by atoms with Gasteiger partial charge in [-0.1, -0.05) is 37.3 Å². The van der Waals surface area contributed by atoms with Crippen LogP contribution in [0.3, 0.4) is 0 Å². The zero-order valence-electron chi connectivity index (χ0n) is 11.5. The summed E-state index contributed by atoms with van der Waals surface area (Å²) in [5.74, 6) is -1.15. The van der Waals surface area contributed by atoms with E-state index in [4.69, 9.17) is 10.8 Å². The summed E-state index contributed by atoms with van der Waals surface area (Å²) in [6.07, 6.45) is 0.262. The van der Waals surface area contributed by atoms with Gasteiger partial charge in [0, 0.05) is 31.5 Å². The summed E-state index contributed by atoms with van der Waals surface area (Å²) in [4.78, 5) is 24.6. The Morgan fingerprint density at radius 1 is 1.35 bits per heavy atom. The molecule has 0 aromatic heterocycles. The summed E-state index contributed by atoms with van der Waals surface area (Å²) in [7, 11) is 0. The van der Waals surface area contributed by atoms with Crippen LogP contribution in [0.15, 0.2) is 30.3 Å². The van der Waals surface area contributed by atoms with Crippen molar-refractivity contribution in [3.8, 4) is 0 Å². The summed E-state index contributed by atoms with van der Waals surface area (Å²) < 4.78 is 0. The molecule has 2 unspecified atom stereocenters. The fraction of sp³-hybridized carbons (Fsp3) is 0.467. The van der Waals surface area contributed by atoms with Gasteiger partial charge in [-0.05, 0) is 5.56 Å². The van der Waals surface area contributed by atoms with E-state index in [1.165, 1.54) is 0 Å². The van der Waals surface area contributed by atoms with E-state index in [1.807, 2.05) is 30.3 Å². The van der Waals surface area contributed by atoms with Crippen molar-refractivity contribution in [2.75, 3.05) is 13.1 Å². The molecule has 1 aliphatic rings. The molecule has 1 fully saturated rings. The standard InChI is InChI=1S/C15H20N2O3/c1-10(15(19)20)12-8-17(9-12)14(18)7-13(16)11-5-3-2-4-6-11/h2-6,10,12-13H,7-9,16H2,1H3,(H,19,20). The molecule has 0 saturated carbocycles. The Hall–Kier alpha value is -1.88. The van der Waals surface area contributed by atoms with Crippen LogP contribution in [0.5, 0.6) is 0 Å². The number of aliphatic carboxylic acids is 1. The summed E-state index contributed by atoms with van der Waals surface area (Å²) in [5.41, 5.74) is 6.96. The van der Waals surface area contributed by atoms with Gasteiger partial charge in [-0.3, -0.25) is 9.59 Å². The van der Waals surface area contributed by atoms with Crippen molar-refractivity contribution in [3.63, 3.8) is 0 Å². The summed E-state index contributed by atoms with van der Waals surface area (Å²) >= 11 is 0. The highest BCUT2D eigenvalue weighted by atomic mass is 16.4. The first kappa shape index (κ1) is 14.5. The third kappa shape index (κ3) is 3.17. The highest BCUT2D eigenvalue weighted by Gasteiger charge is 2.37. The van der Waals surface area contributed by atoms with Crippen molar-refractivity contribution in [3.05, 3.63) is 35.9 Å². The molecule has 1 amide bonds. The van der Waals surface area contributed by atoms with Gasteiger partial charge in [0.25, 0.3) is 0 Å². The first-order valence-corrected chi connectivity index (χ1v) is 6.80. The highest BCUT2D eigenvalue weighted by Crippen LogP contribution is 2.26. The van der Waals surface area contributed by atoms with Crippen LogP contribution >= 0.6 is 0 Å². The van der Waals surface area contributed by atoms with Crippen LogP contribution in [0, 0.1) is 11.8 Å². The second kappa shape index (κ2) is 6.05. The number of likely N-dealkylation sites (tertiary alicyclic amines) is 1. The number of carboxylic acids is 1. The maximum absolute atomic E-state index is 12.0. The van der Waals surface area contributed by atoms with Gasteiger partial charge in [0.2, 0.25) is 5.91 Å². The summed E-state index contributed by atoms with van der Waals surface area (Å²) in [6.45, 7) is 2.73. The number of carboxylic acid groups (broad SMARTS) is 1. The van der Waals surface area contributed by atoms with E-state index < -0.39 is 11.9 Å². The van der Waals surface area contributed by atoms with Crippen molar-refractivity contribution in [1.29, 1.82) is 0 Å². The molecule has 5 nitrogen and oxygen atoms in total. The van der Waals surface area contributed by atoms with E-state index in [-0.39, 0.29) is 24.3 Å². The molecule has 1 aromatic carbocycles. The normalized spacial score (nSPS) is 18.2. The molecular formula is C15H20N2O3. The molecule has 5 heteroatoms. The van der Waals surface area contributed by atoms with Crippen LogP contribution in [0.25, 0.3) is 0 Å². The van der Waals surface area contributed by atoms with Crippen LogP contribution in [-0.2, 0) is 9.59 Å². The van der Waals surface area contributed by atoms with Gasteiger partial charge in [-0.15, -0.1) is 0 Å². The molecule has 0 spiro atoms. The molecule has 1 saturated heterocycles. The second-order valence-electron chi connectivity index (χ2n) is 5.41. The van der Waals surface area contributed by atoms with Gasteiger partial charge in [0.05, 0.1) is 5.92 Å². The predicted octanol–water partition coefficient (Wildman–Crippen LogP) is 1.26. The van der Waals surface area contributed by atoms with Crippen molar-refractivity contribution < 1.29 is 14.7 Å². The number of carbonyl (C=O) groups is 2. The molecular weight excluding hydrogens is 256 g/mol. The topological polar surface area (TPSA) is 83.6 Å². The highest BCUT2D eigenvalue weighted by molar-refractivity contribution is 5.78. The van der Waals surface area contributed by atoms with Gasteiger partial charge in [-0.2, -0.15) is 0 Å². The lowest BCUT2D eigenvalue weighted by atomic mass is 9.86. The number of amides is 1. The number of nitrogens with zero attached hydrogens (tertiary/aromatic N) is 1. The zero-order chi connectivity index (χ0) is 14.7. The van der Waals surface area contributed by atoms with Crippen LogP contribution < -0.4 is 5.73 Å². The van der Waals surface area contributed by atoms with Crippen LogP contribution in [0.4, 0.5) is 0 Å². The van der Waals surface area contributed by atoms with Gasteiger partial charge in [0.1, 0.15) is 0 Å². The largest absolute Gasteiger partial charge is 0.481 e. The number of hydrogen-bond acceptors (Lipinski definition) is 3. The third-order valence-electron chi connectivity index (χ3n) is 3.98. The number of nitrogens with two attached hydrogens (primary N) is 1. The number of rotatable bonds is 5. The molecule has 3 N–H and O–H groups in total. The van der Waals surface area contributed by atoms with Crippen molar-refractivity contribution >= 4 is 11.9 Å². The minimum atomic E-state index is -0.803. The van der Waals surface area contributed by atoms with E-state index in [0.29, 0.717) is 13.1 Å². The minimum Gasteiger partial charge on any atom is -0.481 e. The smallest absolute Gasteiger partial charge is 0.306 e. The molecule has 20 heavy (non-hydrogen) atoms. The van der Waals surface area contributed by atoms with E-state index >= 15 is 0 Å². The number of carbonyl (C=O) groups excluding carboxylic acids is 1. The van der Waals surface area contributed by atoms with Crippen molar-refractivity contribution in [2.24, 2.45) is 17.6 Å². The SMILES string of the molecule is CC(C(=O)O)C1CN(C(=O)CC(N)c2ccccc2)C1. The lowest BCUT2D eigenvalue weighted by Crippen LogP contribution is -2.53. The average Bonchev–Trinajstić information content (AvgIpc) is 2.37. The Labute approximate surface area is 118 Å². The fourth-order valence-corrected chi connectivity index (χ4v) is 2.37. The monoisotopic (exact) mass is 276 g/mol. The average molecular weight is 276 g/mol. The molecule has 2 atom stereocenters. The van der Waals surface area contributed by atoms with E-state index in [2.05, 4.69) is 0 Å².